The van der Waals surface area contributed by atoms with E-state index in [0.29, 0.717) is 21.5 Å². The zero-order valence-electron chi connectivity index (χ0n) is 14.1. The number of hydrogen-bond donors (Lipinski definition) is 1. The van der Waals surface area contributed by atoms with Gasteiger partial charge in [0.2, 0.25) is 0 Å². The van der Waals surface area contributed by atoms with Crippen molar-refractivity contribution < 1.29 is 36.2 Å². The Morgan fingerprint density at radius 1 is 1.28 bits per heavy atom. The number of carbonyl (C=O) groups is 1. The number of hydrogen-bond acceptors (Lipinski definition) is 4. The summed E-state index contributed by atoms with van der Waals surface area (Å²) in [7, 11) is 0. The molecule has 0 spiro atoms. The zero-order valence-corrected chi connectivity index (χ0v) is 14.9. The van der Waals surface area contributed by atoms with Crippen molar-refractivity contribution in [2.75, 3.05) is 0 Å². The Hall–Kier alpha value is -2.57. The predicted molar refractivity (Wildman–Crippen MR) is 84.4 cm³/mol. The van der Waals surface area contributed by atoms with Crippen LogP contribution >= 0.6 is 11.6 Å². The fourth-order valence-electron chi connectivity index (χ4n) is 3.04. The summed E-state index contributed by atoms with van der Waals surface area (Å²) in [6.45, 7) is -0.543. The van der Waals surface area contributed by atoms with Crippen molar-refractivity contribution in [1.29, 1.82) is 0 Å². The van der Waals surface area contributed by atoms with Gasteiger partial charge in [0.15, 0.2) is 0 Å². The minimum Gasteiger partial charge on any atom is -0.480 e. The van der Waals surface area contributed by atoms with Gasteiger partial charge >= 0.3 is 24.0 Å². The van der Waals surface area contributed by atoms with E-state index < -0.39 is 65.9 Å². The number of halogens is 7. The number of aromatic nitrogens is 4. The van der Waals surface area contributed by atoms with E-state index in [1.807, 2.05) is 0 Å². The summed E-state index contributed by atoms with van der Waals surface area (Å²) in [6.07, 6.45) is -10.4. The summed E-state index contributed by atoms with van der Waals surface area (Å²) in [5.41, 5.74) is -2.33. The molecule has 0 aromatic carbocycles. The van der Waals surface area contributed by atoms with Crippen LogP contribution in [0.1, 0.15) is 29.5 Å². The van der Waals surface area contributed by atoms with Crippen LogP contribution in [0, 0.1) is 5.92 Å². The molecule has 7 nitrogen and oxygen atoms in total. The summed E-state index contributed by atoms with van der Waals surface area (Å²) < 4.78 is 78.5. The Kier molecular flexibility index (Phi) is 5.13. The number of nitrogens with zero attached hydrogens (tertiary/aromatic N) is 4. The Balaban J connectivity index is 1.98. The summed E-state index contributed by atoms with van der Waals surface area (Å²) >= 11 is 5.77. The zero-order chi connectivity index (χ0) is 21.7. The molecule has 0 fully saturated rings. The van der Waals surface area contributed by atoms with Gasteiger partial charge in [0, 0.05) is 12.6 Å². The molecule has 0 radical (unpaired) electrons. The number of rotatable bonds is 3. The van der Waals surface area contributed by atoms with Crippen LogP contribution in [0.15, 0.2) is 17.1 Å². The predicted octanol–water partition coefficient (Wildman–Crippen LogP) is 2.91. The van der Waals surface area contributed by atoms with Gasteiger partial charge in [-0.25, -0.2) is 14.3 Å². The average molecular weight is 445 g/mol. The van der Waals surface area contributed by atoms with Crippen molar-refractivity contribution >= 4 is 17.6 Å². The number of carboxylic acids is 1. The number of aliphatic carboxylic acids is 1. The lowest BCUT2D eigenvalue weighted by molar-refractivity contribution is -0.183. The second-order valence-corrected chi connectivity index (χ2v) is 6.82. The van der Waals surface area contributed by atoms with E-state index in [0.717, 1.165) is 0 Å². The van der Waals surface area contributed by atoms with Gasteiger partial charge in [-0.05, 0) is 12.5 Å². The maximum Gasteiger partial charge on any atom is 0.417 e. The van der Waals surface area contributed by atoms with Gasteiger partial charge in [-0.3, -0.25) is 9.55 Å². The highest BCUT2D eigenvalue weighted by molar-refractivity contribution is 6.31. The van der Waals surface area contributed by atoms with Gasteiger partial charge in [-0.2, -0.15) is 31.4 Å². The largest absolute Gasteiger partial charge is 0.480 e. The molecule has 2 unspecified atom stereocenters. The normalized spacial score (nSPS) is 19.8. The summed E-state index contributed by atoms with van der Waals surface area (Å²) in [5, 5.41) is 12.5. The maximum atomic E-state index is 13.1. The standard InChI is InChI=1S/C15H11ClF6N4O3/c16-8-1-7(15(20,21)22)4-23-9(8)5-25-13(29)26-10(12(27)28)2-6(14(17,18)19)3-11(26)24-25/h1,4,6,10H,2-3,5H2,(H,27,28). The van der Waals surface area contributed by atoms with E-state index in [9.17, 15) is 41.0 Å². The van der Waals surface area contributed by atoms with E-state index in [4.69, 9.17) is 11.6 Å². The third-order valence-electron chi connectivity index (χ3n) is 4.48. The highest BCUT2D eigenvalue weighted by Gasteiger charge is 2.47. The first-order valence-electron chi connectivity index (χ1n) is 7.98. The van der Waals surface area contributed by atoms with Crippen LogP contribution in [-0.4, -0.2) is 36.6 Å². The molecule has 29 heavy (non-hydrogen) atoms. The number of fused-ring (bicyclic) bond motifs is 1. The average Bonchev–Trinajstić information content (AvgIpc) is 2.90. The SMILES string of the molecule is O=C(O)C1CC(C(F)(F)F)Cc2nn(Cc3ncc(C(F)(F)F)cc3Cl)c(=O)n21. The van der Waals surface area contributed by atoms with Gasteiger partial charge in [-0.1, -0.05) is 11.6 Å². The van der Waals surface area contributed by atoms with Gasteiger partial charge < -0.3 is 5.11 Å². The molecule has 1 N–H and O–H groups in total. The molecule has 2 aromatic heterocycles. The van der Waals surface area contributed by atoms with Crippen LogP contribution in [0.5, 0.6) is 0 Å². The lowest BCUT2D eigenvalue weighted by Gasteiger charge is -2.28. The molecule has 0 saturated heterocycles. The van der Waals surface area contributed by atoms with Crippen LogP contribution in [0.2, 0.25) is 5.02 Å². The summed E-state index contributed by atoms with van der Waals surface area (Å²) in [4.78, 5) is 27.4. The molecular formula is C15H11ClF6N4O3. The molecule has 2 aromatic rings. The molecule has 0 aliphatic carbocycles. The van der Waals surface area contributed by atoms with Crippen molar-refractivity contribution in [1.82, 2.24) is 19.3 Å². The van der Waals surface area contributed by atoms with Crippen LogP contribution in [0.4, 0.5) is 26.3 Å². The molecule has 1 aliphatic rings. The van der Waals surface area contributed by atoms with Gasteiger partial charge in [-0.15, -0.1) is 0 Å². The highest BCUT2D eigenvalue weighted by Crippen LogP contribution is 2.38. The van der Waals surface area contributed by atoms with Crippen molar-refractivity contribution in [2.24, 2.45) is 5.92 Å². The first kappa shape index (κ1) is 21.1. The lowest BCUT2D eigenvalue weighted by atomic mass is 9.92. The van der Waals surface area contributed by atoms with E-state index >= 15 is 0 Å². The molecule has 3 heterocycles. The molecule has 158 valence electrons. The molecule has 0 saturated carbocycles. The van der Waals surface area contributed by atoms with Crippen molar-refractivity contribution in [2.45, 2.75) is 37.8 Å². The van der Waals surface area contributed by atoms with E-state index in [1.54, 1.807) is 0 Å². The Morgan fingerprint density at radius 2 is 1.93 bits per heavy atom. The molecule has 2 atom stereocenters. The van der Waals surface area contributed by atoms with Gasteiger partial charge in [0.05, 0.1) is 28.7 Å². The van der Waals surface area contributed by atoms with Crippen molar-refractivity contribution in [3.05, 3.63) is 44.9 Å². The Labute approximate surface area is 162 Å². The number of pyridine rings is 1. The molecular weight excluding hydrogens is 434 g/mol. The summed E-state index contributed by atoms with van der Waals surface area (Å²) in [6, 6.07) is -1.19. The molecule has 3 rings (SSSR count). The highest BCUT2D eigenvalue weighted by atomic mass is 35.5. The van der Waals surface area contributed by atoms with Crippen LogP contribution < -0.4 is 5.69 Å². The topological polar surface area (TPSA) is 90.0 Å². The second kappa shape index (κ2) is 7.04. The third kappa shape index (κ3) is 4.09. The molecule has 14 heteroatoms. The van der Waals surface area contributed by atoms with E-state index in [2.05, 4.69) is 10.1 Å². The van der Waals surface area contributed by atoms with Crippen LogP contribution in [-0.2, 0) is 23.9 Å². The Bertz CT molecular complexity index is 1010. The second-order valence-electron chi connectivity index (χ2n) is 6.41. The number of alkyl halides is 6. The maximum absolute atomic E-state index is 13.1. The third-order valence-corrected chi connectivity index (χ3v) is 4.81. The molecule has 0 bridgehead atoms. The lowest BCUT2D eigenvalue weighted by Crippen LogP contribution is -2.40. The van der Waals surface area contributed by atoms with Gasteiger partial charge in [0.25, 0.3) is 0 Å². The summed E-state index contributed by atoms with van der Waals surface area (Å²) in [5.74, 6) is -4.02. The minimum atomic E-state index is -4.69. The first-order chi connectivity index (χ1) is 13.3. The molecule has 0 amide bonds. The number of carboxylic acid groups (broad SMARTS) is 1. The van der Waals surface area contributed by atoms with Crippen LogP contribution in [0.3, 0.4) is 0 Å². The van der Waals surface area contributed by atoms with E-state index in [1.165, 1.54) is 0 Å². The first-order valence-corrected chi connectivity index (χ1v) is 8.36. The quantitative estimate of drug-likeness (QED) is 0.735. The monoisotopic (exact) mass is 444 g/mol. The molecule has 1 aliphatic heterocycles. The minimum absolute atomic E-state index is 0.184. The fraction of sp³-hybridized carbons (Fsp3) is 0.467. The van der Waals surface area contributed by atoms with E-state index in [-0.39, 0.29) is 11.5 Å². The van der Waals surface area contributed by atoms with Gasteiger partial charge in [0.1, 0.15) is 11.9 Å². The Morgan fingerprint density at radius 3 is 2.45 bits per heavy atom. The fourth-order valence-corrected chi connectivity index (χ4v) is 3.27. The van der Waals surface area contributed by atoms with Crippen molar-refractivity contribution in [3.63, 3.8) is 0 Å². The van der Waals surface area contributed by atoms with Crippen molar-refractivity contribution in [3.8, 4) is 0 Å². The van der Waals surface area contributed by atoms with Crippen LogP contribution in [0.25, 0.3) is 0 Å². The smallest absolute Gasteiger partial charge is 0.417 e.